The Labute approximate surface area is 167 Å². The number of hydrogen-bond donors (Lipinski definition) is 0. The molecule has 2 heterocycles. The summed E-state index contributed by atoms with van der Waals surface area (Å²) in [5.74, 6) is -0.158. The SMILES string of the molecule is COC(=O)CSc1nc2ccccc2n1CC(=O)N1c2ccccc2CC1C. The molecule has 1 aromatic heterocycles. The number of anilines is 1. The summed E-state index contributed by atoms with van der Waals surface area (Å²) in [6.45, 7) is 2.24. The van der Waals surface area contributed by atoms with Crippen LogP contribution in [0.15, 0.2) is 53.7 Å². The van der Waals surface area contributed by atoms with E-state index in [0.29, 0.717) is 5.16 Å². The molecule has 1 aliphatic rings. The van der Waals surface area contributed by atoms with Crippen molar-refractivity contribution >= 4 is 40.4 Å². The number of benzene rings is 2. The van der Waals surface area contributed by atoms with Crippen molar-refractivity contribution in [3.05, 3.63) is 54.1 Å². The van der Waals surface area contributed by atoms with Gasteiger partial charge in [-0.3, -0.25) is 9.59 Å². The molecule has 0 spiro atoms. The summed E-state index contributed by atoms with van der Waals surface area (Å²) < 4.78 is 6.62. The highest BCUT2D eigenvalue weighted by Crippen LogP contribution is 2.33. The van der Waals surface area contributed by atoms with Crippen molar-refractivity contribution in [1.29, 1.82) is 0 Å². The third-order valence-electron chi connectivity index (χ3n) is 4.94. The number of hydrogen-bond acceptors (Lipinski definition) is 5. The van der Waals surface area contributed by atoms with E-state index in [1.807, 2.05) is 51.9 Å². The fourth-order valence-corrected chi connectivity index (χ4v) is 4.50. The second-order valence-corrected chi connectivity index (χ2v) is 7.72. The molecule has 1 amide bonds. The molecule has 0 radical (unpaired) electrons. The molecule has 0 saturated heterocycles. The van der Waals surface area contributed by atoms with Crippen molar-refractivity contribution < 1.29 is 14.3 Å². The van der Waals surface area contributed by atoms with E-state index >= 15 is 0 Å². The quantitative estimate of drug-likeness (QED) is 0.490. The summed E-state index contributed by atoms with van der Waals surface area (Å²) in [6.07, 6.45) is 0.858. The van der Waals surface area contributed by atoms with Gasteiger partial charge < -0.3 is 14.2 Å². The van der Waals surface area contributed by atoms with Gasteiger partial charge in [-0.15, -0.1) is 0 Å². The number of thioether (sulfide) groups is 1. The number of aromatic nitrogens is 2. The van der Waals surface area contributed by atoms with Crippen molar-refractivity contribution in [3.63, 3.8) is 0 Å². The number of fused-ring (bicyclic) bond motifs is 2. The summed E-state index contributed by atoms with van der Waals surface area (Å²) in [5, 5.41) is 0.639. The van der Waals surface area contributed by atoms with E-state index in [0.717, 1.165) is 23.1 Å². The number of carbonyl (C=O) groups excluding carboxylic acids is 2. The highest BCUT2D eigenvalue weighted by atomic mass is 32.2. The minimum atomic E-state index is -0.322. The predicted octanol–water partition coefficient (Wildman–Crippen LogP) is 3.28. The smallest absolute Gasteiger partial charge is 0.316 e. The van der Waals surface area contributed by atoms with Crippen LogP contribution in [0.25, 0.3) is 11.0 Å². The Morgan fingerprint density at radius 3 is 2.75 bits per heavy atom. The molecule has 1 unspecified atom stereocenters. The number of imidazole rings is 1. The van der Waals surface area contributed by atoms with Gasteiger partial charge in [0.15, 0.2) is 5.16 Å². The maximum absolute atomic E-state index is 13.3. The van der Waals surface area contributed by atoms with Gasteiger partial charge in [0.25, 0.3) is 0 Å². The van der Waals surface area contributed by atoms with Gasteiger partial charge in [0.05, 0.1) is 23.9 Å². The third-order valence-corrected chi connectivity index (χ3v) is 5.89. The summed E-state index contributed by atoms with van der Waals surface area (Å²) in [6, 6.07) is 15.8. The zero-order valence-corrected chi connectivity index (χ0v) is 16.6. The van der Waals surface area contributed by atoms with Gasteiger partial charge in [-0.1, -0.05) is 42.1 Å². The number of esters is 1. The Balaban J connectivity index is 1.65. The molecule has 1 atom stereocenters. The Kier molecular flexibility index (Phi) is 5.09. The fraction of sp³-hybridized carbons (Fsp3) is 0.286. The van der Waals surface area contributed by atoms with Gasteiger partial charge in [-0.05, 0) is 37.1 Å². The number of carbonyl (C=O) groups is 2. The molecule has 2 aromatic carbocycles. The van der Waals surface area contributed by atoms with E-state index in [1.54, 1.807) is 0 Å². The molecule has 0 bridgehead atoms. The van der Waals surface area contributed by atoms with Gasteiger partial charge in [0.2, 0.25) is 5.91 Å². The Morgan fingerprint density at radius 1 is 1.18 bits per heavy atom. The van der Waals surface area contributed by atoms with Crippen LogP contribution < -0.4 is 4.90 Å². The van der Waals surface area contributed by atoms with E-state index in [-0.39, 0.29) is 30.2 Å². The Bertz CT molecular complexity index is 1050. The van der Waals surface area contributed by atoms with E-state index in [4.69, 9.17) is 4.74 Å². The lowest BCUT2D eigenvalue weighted by Crippen LogP contribution is -2.38. The van der Waals surface area contributed by atoms with Crippen LogP contribution in [-0.2, 0) is 27.3 Å². The van der Waals surface area contributed by atoms with Crippen LogP contribution in [0.5, 0.6) is 0 Å². The van der Waals surface area contributed by atoms with Crippen molar-refractivity contribution in [1.82, 2.24) is 9.55 Å². The molecule has 0 aliphatic carbocycles. The van der Waals surface area contributed by atoms with Crippen LogP contribution in [0, 0.1) is 0 Å². The second-order valence-electron chi connectivity index (χ2n) is 6.78. The van der Waals surface area contributed by atoms with Crippen LogP contribution in [-0.4, -0.2) is 40.3 Å². The lowest BCUT2D eigenvalue weighted by Gasteiger charge is -2.23. The molecule has 3 aromatic rings. The van der Waals surface area contributed by atoms with Gasteiger partial charge in [-0.25, -0.2) is 4.98 Å². The highest BCUT2D eigenvalue weighted by molar-refractivity contribution is 7.99. The summed E-state index contributed by atoms with van der Waals surface area (Å²) in [4.78, 5) is 31.3. The predicted molar refractivity (Wildman–Crippen MR) is 110 cm³/mol. The number of ether oxygens (including phenoxy) is 1. The molecule has 0 fully saturated rings. The molecule has 0 saturated carbocycles. The first-order chi connectivity index (χ1) is 13.6. The molecule has 7 heteroatoms. The van der Waals surface area contributed by atoms with Crippen LogP contribution in [0.2, 0.25) is 0 Å². The first-order valence-electron chi connectivity index (χ1n) is 9.13. The summed E-state index contributed by atoms with van der Waals surface area (Å²) in [7, 11) is 1.36. The Morgan fingerprint density at radius 2 is 1.93 bits per heavy atom. The maximum Gasteiger partial charge on any atom is 0.316 e. The summed E-state index contributed by atoms with van der Waals surface area (Å²) in [5.41, 5.74) is 3.85. The first kappa shape index (κ1) is 18.6. The van der Waals surface area contributed by atoms with Crippen molar-refractivity contribution in [2.24, 2.45) is 0 Å². The number of para-hydroxylation sites is 3. The van der Waals surface area contributed by atoms with E-state index in [1.165, 1.54) is 24.4 Å². The monoisotopic (exact) mass is 395 g/mol. The molecule has 4 rings (SSSR count). The largest absolute Gasteiger partial charge is 0.468 e. The fourth-order valence-electron chi connectivity index (χ4n) is 3.66. The van der Waals surface area contributed by atoms with Gasteiger partial charge >= 0.3 is 5.97 Å². The average Bonchev–Trinajstić information content (AvgIpc) is 3.22. The zero-order chi connectivity index (χ0) is 19.7. The Hall–Kier alpha value is -2.80. The van der Waals surface area contributed by atoms with Crippen LogP contribution in [0.1, 0.15) is 12.5 Å². The minimum Gasteiger partial charge on any atom is -0.468 e. The molecule has 6 nitrogen and oxygen atoms in total. The molecule has 1 aliphatic heterocycles. The normalized spacial score (nSPS) is 15.6. The number of methoxy groups -OCH3 is 1. The molecular formula is C21H21N3O3S. The van der Waals surface area contributed by atoms with Gasteiger partial charge in [-0.2, -0.15) is 0 Å². The van der Waals surface area contributed by atoms with E-state index < -0.39 is 0 Å². The van der Waals surface area contributed by atoms with Crippen molar-refractivity contribution in [3.8, 4) is 0 Å². The number of amides is 1. The topological polar surface area (TPSA) is 64.4 Å². The lowest BCUT2D eigenvalue weighted by atomic mass is 10.1. The van der Waals surface area contributed by atoms with Crippen LogP contribution >= 0.6 is 11.8 Å². The number of nitrogens with zero attached hydrogens (tertiary/aromatic N) is 3. The maximum atomic E-state index is 13.3. The van der Waals surface area contributed by atoms with Crippen LogP contribution in [0.4, 0.5) is 5.69 Å². The van der Waals surface area contributed by atoms with E-state index in [9.17, 15) is 9.59 Å². The second kappa shape index (κ2) is 7.67. The van der Waals surface area contributed by atoms with Crippen LogP contribution in [0.3, 0.4) is 0 Å². The van der Waals surface area contributed by atoms with Crippen molar-refractivity contribution in [2.45, 2.75) is 31.1 Å². The van der Waals surface area contributed by atoms with Gasteiger partial charge in [0.1, 0.15) is 6.54 Å². The third kappa shape index (κ3) is 3.38. The number of rotatable bonds is 5. The lowest BCUT2D eigenvalue weighted by molar-refractivity contribution is -0.137. The molecule has 0 N–H and O–H groups in total. The average molecular weight is 395 g/mol. The summed E-state index contributed by atoms with van der Waals surface area (Å²) >= 11 is 1.28. The first-order valence-corrected chi connectivity index (χ1v) is 10.1. The van der Waals surface area contributed by atoms with Crippen molar-refractivity contribution in [2.75, 3.05) is 17.8 Å². The standard InChI is InChI=1S/C21H21N3O3S/c1-14-11-15-7-3-5-9-17(15)24(14)19(25)12-23-18-10-6-4-8-16(18)22-21(23)28-13-20(26)27-2/h3-10,14H,11-13H2,1-2H3. The van der Waals surface area contributed by atoms with Gasteiger partial charge in [0, 0.05) is 11.7 Å². The molecule has 28 heavy (non-hydrogen) atoms. The molecular weight excluding hydrogens is 374 g/mol. The van der Waals surface area contributed by atoms with E-state index in [2.05, 4.69) is 18.0 Å². The molecule has 144 valence electrons. The zero-order valence-electron chi connectivity index (χ0n) is 15.8. The minimum absolute atomic E-state index is 0.0144. The highest BCUT2D eigenvalue weighted by Gasteiger charge is 2.31.